The molecule has 0 aliphatic heterocycles. The van der Waals surface area contributed by atoms with Gasteiger partial charge in [0.15, 0.2) is 0 Å². The van der Waals surface area contributed by atoms with E-state index in [4.69, 9.17) is 17.3 Å². The first kappa shape index (κ1) is 12.7. The number of aromatic nitrogens is 2. The third kappa shape index (κ3) is 1.98. The average Bonchev–Trinajstić information content (AvgIpc) is 3.20. The molecule has 0 saturated heterocycles. The number of hydrogen-bond donors (Lipinski definition) is 1. The molecule has 0 unspecified atom stereocenters. The highest BCUT2D eigenvalue weighted by Crippen LogP contribution is 2.43. The molecule has 0 spiro atoms. The van der Waals surface area contributed by atoms with E-state index in [1.54, 1.807) is 18.2 Å². The molecule has 0 radical (unpaired) electrons. The third-order valence-electron chi connectivity index (χ3n) is 3.83. The predicted molar refractivity (Wildman–Crippen MR) is 82.8 cm³/mol. The average molecular weight is 302 g/mol. The summed E-state index contributed by atoms with van der Waals surface area (Å²) in [6.45, 7) is 0. The summed E-state index contributed by atoms with van der Waals surface area (Å²) >= 11 is 6.04. The van der Waals surface area contributed by atoms with Crippen LogP contribution in [0, 0.1) is 5.82 Å². The van der Waals surface area contributed by atoms with Crippen LogP contribution in [0.4, 0.5) is 10.1 Å². The summed E-state index contributed by atoms with van der Waals surface area (Å²) in [5.74, 6) is 0.240. The van der Waals surface area contributed by atoms with Crippen molar-refractivity contribution in [3.8, 4) is 11.4 Å². The number of halogens is 2. The van der Waals surface area contributed by atoms with Crippen LogP contribution in [-0.4, -0.2) is 9.55 Å². The van der Waals surface area contributed by atoms with Gasteiger partial charge in [-0.1, -0.05) is 17.7 Å². The van der Waals surface area contributed by atoms with Crippen molar-refractivity contribution in [1.29, 1.82) is 0 Å². The molecule has 1 fully saturated rings. The van der Waals surface area contributed by atoms with Gasteiger partial charge in [0.2, 0.25) is 0 Å². The van der Waals surface area contributed by atoms with Crippen molar-refractivity contribution in [2.75, 3.05) is 5.73 Å². The smallest absolute Gasteiger partial charge is 0.146 e. The molecule has 106 valence electrons. The van der Waals surface area contributed by atoms with E-state index in [-0.39, 0.29) is 5.82 Å². The van der Waals surface area contributed by atoms with E-state index in [2.05, 4.69) is 9.55 Å². The molecular weight excluding hydrogens is 289 g/mol. The van der Waals surface area contributed by atoms with Crippen LogP contribution in [0.1, 0.15) is 18.9 Å². The van der Waals surface area contributed by atoms with Crippen LogP contribution >= 0.6 is 11.6 Å². The van der Waals surface area contributed by atoms with Gasteiger partial charge in [-0.3, -0.25) is 0 Å². The second-order valence-electron chi connectivity index (χ2n) is 5.37. The van der Waals surface area contributed by atoms with E-state index in [0.717, 1.165) is 23.9 Å². The Hall–Kier alpha value is -2.07. The van der Waals surface area contributed by atoms with Crippen molar-refractivity contribution in [1.82, 2.24) is 9.55 Å². The molecule has 2 aromatic carbocycles. The molecule has 3 aromatic rings. The van der Waals surface area contributed by atoms with Crippen LogP contribution < -0.4 is 5.73 Å². The number of fused-ring (bicyclic) bond motifs is 1. The molecule has 3 nitrogen and oxygen atoms in total. The Labute approximate surface area is 126 Å². The summed E-state index contributed by atoms with van der Waals surface area (Å²) < 4.78 is 16.3. The summed E-state index contributed by atoms with van der Waals surface area (Å²) in [4.78, 5) is 4.59. The molecule has 2 N–H and O–H groups in total. The maximum atomic E-state index is 14.2. The maximum Gasteiger partial charge on any atom is 0.146 e. The Bertz CT molecular complexity index is 832. The third-order valence-corrected chi connectivity index (χ3v) is 4.07. The monoisotopic (exact) mass is 301 g/mol. The quantitative estimate of drug-likeness (QED) is 0.712. The fourth-order valence-electron chi connectivity index (χ4n) is 2.73. The Morgan fingerprint density at radius 1 is 1.24 bits per heavy atom. The molecule has 0 atom stereocenters. The second kappa shape index (κ2) is 4.46. The van der Waals surface area contributed by atoms with Crippen LogP contribution in [0.3, 0.4) is 0 Å². The van der Waals surface area contributed by atoms with Gasteiger partial charge in [-0.05, 0) is 43.2 Å². The summed E-state index contributed by atoms with van der Waals surface area (Å²) in [7, 11) is 0. The Morgan fingerprint density at radius 2 is 2.05 bits per heavy atom. The number of anilines is 1. The Balaban J connectivity index is 2.06. The highest BCUT2D eigenvalue weighted by molar-refractivity contribution is 6.31. The number of benzene rings is 2. The first-order valence-corrected chi connectivity index (χ1v) is 7.25. The number of imidazole rings is 1. The zero-order chi connectivity index (χ0) is 14.6. The van der Waals surface area contributed by atoms with Crippen LogP contribution in [0.15, 0.2) is 36.4 Å². The van der Waals surface area contributed by atoms with Gasteiger partial charge in [-0.25, -0.2) is 9.37 Å². The van der Waals surface area contributed by atoms with E-state index in [9.17, 15) is 4.39 Å². The number of nitrogens with zero attached hydrogens (tertiary/aromatic N) is 2. The zero-order valence-electron chi connectivity index (χ0n) is 11.2. The minimum Gasteiger partial charge on any atom is -0.398 e. The van der Waals surface area contributed by atoms with Crippen LogP contribution in [0.5, 0.6) is 0 Å². The first-order chi connectivity index (χ1) is 10.1. The van der Waals surface area contributed by atoms with Crippen molar-refractivity contribution in [2.24, 2.45) is 0 Å². The van der Waals surface area contributed by atoms with Crippen LogP contribution in [-0.2, 0) is 0 Å². The molecule has 1 aliphatic carbocycles. The minimum atomic E-state index is -0.349. The van der Waals surface area contributed by atoms with Crippen molar-refractivity contribution in [3.05, 3.63) is 47.2 Å². The first-order valence-electron chi connectivity index (χ1n) is 6.87. The summed E-state index contributed by atoms with van der Waals surface area (Å²) in [6, 6.07) is 10.6. The summed E-state index contributed by atoms with van der Waals surface area (Å²) in [5.41, 5.74) is 8.49. The Kier molecular flexibility index (Phi) is 2.69. The topological polar surface area (TPSA) is 43.8 Å². The highest BCUT2D eigenvalue weighted by atomic mass is 35.5. The van der Waals surface area contributed by atoms with Crippen LogP contribution in [0.25, 0.3) is 22.4 Å². The molecule has 1 heterocycles. The molecule has 1 saturated carbocycles. The van der Waals surface area contributed by atoms with Gasteiger partial charge in [0, 0.05) is 16.8 Å². The standard InChI is InChI=1S/C16H13ClFN3/c17-9-4-7-14-13(8-9)20-16(21(14)10-5-6-10)15-11(18)2-1-3-12(15)19/h1-4,7-8,10H,5-6,19H2. The fraction of sp³-hybridized carbons (Fsp3) is 0.188. The van der Waals surface area contributed by atoms with Gasteiger partial charge in [-0.2, -0.15) is 0 Å². The van der Waals surface area contributed by atoms with Gasteiger partial charge in [0.05, 0.1) is 16.6 Å². The van der Waals surface area contributed by atoms with Gasteiger partial charge >= 0.3 is 0 Å². The number of nitrogen functional groups attached to an aromatic ring is 1. The predicted octanol–water partition coefficient (Wildman–Crippen LogP) is 4.41. The molecule has 4 rings (SSSR count). The molecule has 0 amide bonds. The normalized spacial score (nSPS) is 14.8. The lowest BCUT2D eigenvalue weighted by Crippen LogP contribution is -2.02. The highest BCUT2D eigenvalue weighted by Gasteiger charge is 2.30. The fourth-order valence-corrected chi connectivity index (χ4v) is 2.89. The minimum absolute atomic E-state index is 0.349. The number of hydrogen-bond acceptors (Lipinski definition) is 2. The molecule has 21 heavy (non-hydrogen) atoms. The maximum absolute atomic E-state index is 14.2. The Morgan fingerprint density at radius 3 is 2.76 bits per heavy atom. The SMILES string of the molecule is Nc1cccc(F)c1-c1nc2cc(Cl)ccc2n1C1CC1. The molecule has 1 aliphatic rings. The van der Waals surface area contributed by atoms with Crippen molar-refractivity contribution in [3.63, 3.8) is 0 Å². The lowest BCUT2D eigenvalue weighted by atomic mass is 10.1. The number of nitrogens with two attached hydrogens (primary N) is 1. The van der Waals surface area contributed by atoms with Gasteiger partial charge in [0.1, 0.15) is 11.6 Å². The van der Waals surface area contributed by atoms with Gasteiger partial charge in [-0.15, -0.1) is 0 Å². The van der Waals surface area contributed by atoms with Crippen molar-refractivity contribution in [2.45, 2.75) is 18.9 Å². The molecule has 1 aromatic heterocycles. The second-order valence-corrected chi connectivity index (χ2v) is 5.81. The summed E-state index contributed by atoms with van der Waals surface area (Å²) in [6.07, 6.45) is 2.16. The lowest BCUT2D eigenvalue weighted by Gasteiger charge is -2.10. The van der Waals surface area contributed by atoms with Crippen molar-refractivity contribution >= 4 is 28.3 Å². The lowest BCUT2D eigenvalue weighted by molar-refractivity contribution is 0.628. The van der Waals surface area contributed by atoms with Gasteiger partial charge in [0.25, 0.3) is 0 Å². The van der Waals surface area contributed by atoms with E-state index < -0.39 is 0 Å². The van der Waals surface area contributed by atoms with Crippen LogP contribution in [0.2, 0.25) is 5.02 Å². The van der Waals surface area contributed by atoms with E-state index in [1.807, 2.05) is 12.1 Å². The van der Waals surface area contributed by atoms with Gasteiger partial charge < -0.3 is 10.3 Å². The molecular formula is C16H13ClFN3. The van der Waals surface area contributed by atoms with E-state index in [1.165, 1.54) is 6.07 Å². The van der Waals surface area contributed by atoms with E-state index in [0.29, 0.717) is 28.1 Å². The van der Waals surface area contributed by atoms with Crippen molar-refractivity contribution < 1.29 is 4.39 Å². The van der Waals surface area contributed by atoms with E-state index >= 15 is 0 Å². The number of rotatable bonds is 2. The largest absolute Gasteiger partial charge is 0.398 e. The summed E-state index contributed by atoms with van der Waals surface area (Å²) in [5, 5.41) is 0.621. The molecule has 5 heteroatoms. The zero-order valence-corrected chi connectivity index (χ0v) is 11.9. The molecule has 0 bridgehead atoms.